The van der Waals surface area contributed by atoms with E-state index in [1.807, 2.05) is 11.6 Å². The molecule has 0 saturated heterocycles. The van der Waals surface area contributed by atoms with E-state index in [-0.39, 0.29) is 11.9 Å². The van der Waals surface area contributed by atoms with Crippen LogP contribution in [0.4, 0.5) is 0 Å². The van der Waals surface area contributed by atoms with Gasteiger partial charge in [0.15, 0.2) is 0 Å². The lowest BCUT2D eigenvalue weighted by atomic mass is 10.1. The molecule has 2 aromatic rings. The molecule has 2 aromatic heterocycles. The number of carbonyl (C=O) groups excluding carboxylic acids is 1. The summed E-state index contributed by atoms with van der Waals surface area (Å²) >= 11 is 0. The number of hydrogen-bond acceptors (Lipinski definition) is 5. The number of aromatic nitrogens is 4. The minimum Gasteiger partial charge on any atom is -0.353 e. The van der Waals surface area contributed by atoms with Crippen LogP contribution in [-0.4, -0.2) is 38.2 Å². The van der Waals surface area contributed by atoms with E-state index in [1.54, 1.807) is 18.6 Å². The molecule has 3 heterocycles. The minimum absolute atomic E-state index is 0.0404. The van der Waals surface area contributed by atoms with Gasteiger partial charge < -0.3 is 10.6 Å². The number of aryl methyl sites for hydroxylation is 1. The van der Waals surface area contributed by atoms with Crippen LogP contribution in [0.1, 0.15) is 30.4 Å². The molecule has 1 amide bonds. The summed E-state index contributed by atoms with van der Waals surface area (Å²) in [5.74, 6) is 0.0467. The van der Waals surface area contributed by atoms with Crippen molar-refractivity contribution in [2.45, 2.75) is 45.3 Å². The van der Waals surface area contributed by atoms with Crippen molar-refractivity contribution in [3.8, 4) is 0 Å². The Morgan fingerprint density at radius 1 is 1.43 bits per heavy atom. The highest BCUT2D eigenvalue weighted by Gasteiger charge is 2.13. The average molecular weight is 314 g/mol. The maximum absolute atomic E-state index is 12.1. The Labute approximate surface area is 135 Å². The first kappa shape index (κ1) is 15.6. The Balaban J connectivity index is 1.45. The Kier molecular flexibility index (Phi) is 4.97. The van der Waals surface area contributed by atoms with E-state index >= 15 is 0 Å². The van der Waals surface area contributed by atoms with Gasteiger partial charge in [0.05, 0.1) is 23.6 Å². The van der Waals surface area contributed by atoms with Gasteiger partial charge in [-0.05, 0) is 13.0 Å². The first-order valence-electron chi connectivity index (χ1n) is 8.01. The summed E-state index contributed by atoms with van der Waals surface area (Å²) in [6.45, 7) is 4.69. The maximum Gasteiger partial charge on any atom is 0.220 e. The molecule has 122 valence electrons. The normalized spacial score (nSPS) is 15.0. The van der Waals surface area contributed by atoms with Gasteiger partial charge in [-0.1, -0.05) is 0 Å². The highest BCUT2D eigenvalue weighted by molar-refractivity contribution is 5.76. The topological polar surface area (TPSA) is 84.7 Å². The van der Waals surface area contributed by atoms with E-state index in [2.05, 4.69) is 31.8 Å². The summed E-state index contributed by atoms with van der Waals surface area (Å²) in [6, 6.07) is 2.13. The predicted octanol–water partition coefficient (Wildman–Crippen LogP) is 0.456. The molecule has 0 aliphatic carbocycles. The summed E-state index contributed by atoms with van der Waals surface area (Å²) in [6.07, 6.45) is 6.85. The second-order valence-corrected chi connectivity index (χ2v) is 5.90. The molecular weight excluding hydrogens is 292 g/mol. The van der Waals surface area contributed by atoms with Crippen LogP contribution in [0, 0.1) is 0 Å². The van der Waals surface area contributed by atoms with Gasteiger partial charge in [-0.2, -0.15) is 5.10 Å². The molecule has 0 saturated carbocycles. The zero-order chi connectivity index (χ0) is 16.1. The van der Waals surface area contributed by atoms with E-state index in [0.29, 0.717) is 19.3 Å². The summed E-state index contributed by atoms with van der Waals surface area (Å²) in [5, 5.41) is 10.9. The third kappa shape index (κ3) is 4.35. The summed E-state index contributed by atoms with van der Waals surface area (Å²) < 4.78 is 2.03. The quantitative estimate of drug-likeness (QED) is 0.809. The van der Waals surface area contributed by atoms with E-state index in [0.717, 1.165) is 31.0 Å². The molecule has 0 fully saturated rings. The Hall–Kier alpha value is -2.28. The molecule has 1 atom stereocenters. The molecule has 23 heavy (non-hydrogen) atoms. The lowest BCUT2D eigenvalue weighted by molar-refractivity contribution is -0.121. The molecule has 3 rings (SSSR count). The first-order valence-corrected chi connectivity index (χ1v) is 8.01. The van der Waals surface area contributed by atoms with Gasteiger partial charge in [0.2, 0.25) is 5.91 Å². The Bertz CT molecular complexity index is 630. The number of rotatable bonds is 6. The number of carbonyl (C=O) groups is 1. The third-order valence-corrected chi connectivity index (χ3v) is 3.87. The van der Waals surface area contributed by atoms with Gasteiger partial charge in [0.1, 0.15) is 0 Å². The van der Waals surface area contributed by atoms with Crippen LogP contribution < -0.4 is 10.6 Å². The minimum atomic E-state index is 0.0404. The van der Waals surface area contributed by atoms with Crippen LogP contribution >= 0.6 is 0 Å². The van der Waals surface area contributed by atoms with Gasteiger partial charge >= 0.3 is 0 Å². The largest absolute Gasteiger partial charge is 0.353 e. The fourth-order valence-corrected chi connectivity index (χ4v) is 2.76. The molecule has 7 heteroatoms. The molecule has 0 spiro atoms. The van der Waals surface area contributed by atoms with Crippen molar-refractivity contribution in [1.29, 1.82) is 0 Å². The summed E-state index contributed by atoms with van der Waals surface area (Å²) in [5.41, 5.74) is 3.07. The zero-order valence-corrected chi connectivity index (χ0v) is 13.3. The molecular formula is C16H22N6O. The maximum atomic E-state index is 12.1. The van der Waals surface area contributed by atoms with Crippen molar-refractivity contribution in [2.24, 2.45) is 0 Å². The van der Waals surface area contributed by atoms with Crippen LogP contribution in [0.15, 0.2) is 24.7 Å². The van der Waals surface area contributed by atoms with Crippen LogP contribution in [0.2, 0.25) is 0 Å². The molecule has 1 aliphatic heterocycles. The van der Waals surface area contributed by atoms with Gasteiger partial charge in [-0.3, -0.25) is 19.4 Å². The average Bonchev–Trinajstić information content (AvgIpc) is 2.96. The highest BCUT2D eigenvalue weighted by atomic mass is 16.1. The first-order chi connectivity index (χ1) is 11.2. The van der Waals surface area contributed by atoms with Gasteiger partial charge in [-0.15, -0.1) is 0 Å². The Morgan fingerprint density at radius 3 is 3.13 bits per heavy atom. The van der Waals surface area contributed by atoms with Crippen molar-refractivity contribution in [3.05, 3.63) is 41.7 Å². The molecule has 0 radical (unpaired) electrons. The molecule has 2 N–H and O–H groups in total. The standard InChI is InChI=1S/C16H22N6O/c1-12(8-14-10-17-4-5-19-14)20-16(23)3-2-13-9-15-11-18-6-7-22(15)21-13/h4-5,9-10,12,18H,2-3,6-8,11H2,1H3,(H,20,23)/t12-/m0/s1. The van der Waals surface area contributed by atoms with E-state index in [4.69, 9.17) is 0 Å². The SMILES string of the molecule is C[C@@H](Cc1cnccn1)NC(=O)CCc1cc2n(n1)CCNC2. The molecule has 1 aliphatic rings. The second kappa shape index (κ2) is 7.32. The molecule has 0 bridgehead atoms. The van der Waals surface area contributed by atoms with Crippen LogP contribution in [0.25, 0.3) is 0 Å². The lowest BCUT2D eigenvalue weighted by Crippen LogP contribution is -2.34. The fraction of sp³-hybridized carbons (Fsp3) is 0.500. The highest BCUT2D eigenvalue weighted by Crippen LogP contribution is 2.09. The molecule has 0 unspecified atom stereocenters. The number of amides is 1. The Morgan fingerprint density at radius 2 is 2.35 bits per heavy atom. The van der Waals surface area contributed by atoms with Gasteiger partial charge in [0.25, 0.3) is 0 Å². The predicted molar refractivity (Wildman–Crippen MR) is 85.6 cm³/mol. The smallest absolute Gasteiger partial charge is 0.220 e. The number of fused-ring (bicyclic) bond motifs is 1. The summed E-state index contributed by atoms with van der Waals surface area (Å²) in [4.78, 5) is 20.3. The van der Waals surface area contributed by atoms with Crippen LogP contribution in [0.5, 0.6) is 0 Å². The number of hydrogen-bond donors (Lipinski definition) is 2. The van der Waals surface area contributed by atoms with Crippen LogP contribution in [0.3, 0.4) is 0 Å². The van der Waals surface area contributed by atoms with Gasteiger partial charge in [-0.25, -0.2) is 0 Å². The van der Waals surface area contributed by atoms with Crippen molar-refractivity contribution in [3.63, 3.8) is 0 Å². The van der Waals surface area contributed by atoms with Crippen LogP contribution in [-0.2, 0) is 30.7 Å². The van der Waals surface area contributed by atoms with Gasteiger partial charge in [0, 0.05) is 57.0 Å². The van der Waals surface area contributed by atoms with Crippen molar-refractivity contribution in [2.75, 3.05) is 6.54 Å². The molecule has 7 nitrogen and oxygen atoms in total. The monoisotopic (exact) mass is 314 g/mol. The zero-order valence-electron chi connectivity index (χ0n) is 13.3. The number of nitrogens with one attached hydrogen (secondary N) is 2. The lowest BCUT2D eigenvalue weighted by Gasteiger charge is -2.13. The van der Waals surface area contributed by atoms with Crippen molar-refractivity contribution >= 4 is 5.91 Å². The van der Waals surface area contributed by atoms with Crippen molar-refractivity contribution in [1.82, 2.24) is 30.4 Å². The summed E-state index contributed by atoms with van der Waals surface area (Å²) in [7, 11) is 0. The van der Waals surface area contributed by atoms with E-state index < -0.39 is 0 Å². The molecule has 0 aromatic carbocycles. The van der Waals surface area contributed by atoms with Crippen molar-refractivity contribution < 1.29 is 4.79 Å². The van der Waals surface area contributed by atoms with E-state index in [9.17, 15) is 4.79 Å². The fourth-order valence-electron chi connectivity index (χ4n) is 2.76. The third-order valence-electron chi connectivity index (χ3n) is 3.87. The number of nitrogens with zero attached hydrogens (tertiary/aromatic N) is 4. The second-order valence-electron chi connectivity index (χ2n) is 5.90. The van der Waals surface area contributed by atoms with E-state index in [1.165, 1.54) is 5.69 Å².